The van der Waals surface area contributed by atoms with Gasteiger partial charge in [-0.2, -0.15) is 0 Å². The summed E-state index contributed by atoms with van der Waals surface area (Å²) in [6.45, 7) is 0. The lowest BCUT2D eigenvalue weighted by atomic mass is 9.90. The highest BCUT2D eigenvalue weighted by Crippen LogP contribution is 2.29. The monoisotopic (exact) mass is 239 g/mol. The third-order valence-corrected chi connectivity index (χ3v) is 3.74. The lowest BCUT2D eigenvalue weighted by Gasteiger charge is -2.11. The molecule has 0 heterocycles. The average Bonchev–Trinajstić information content (AvgIpc) is 3.20. The van der Waals surface area contributed by atoms with Crippen LogP contribution in [0.25, 0.3) is 0 Å². The summed E-state index contributed by atoms with van der Waals surface area (Å²) in [7, 11) is 0. The Morgan fingerprint density at radius 3 is 2.83 bits per heavy atom. The molecule has 0 spiro atoms. The van der Waals surface area contributed by atoms with E-state index in [1.54, 1.807) is 0 Å². The molecule has 0 bridgehead atoms. The topological polar surface area (TPSA) is 34.1 Å². The van der Waals surface area contributed by atoms with Gasteiger partial charge in [-0.05, 0) is 30.4 Å². The summed E-state index contributed by atoms with van der Waals surface area (Å²) in [6.07, 6.45) is 6.77. The summed E-state index contributed by atoms with van der Waals surface area (Å²) in [5.41, 5.74) is 2.75. The molecule has 1 unspecified atom stereocenters. The van der Waals surface area contributed by atoms with E-state index in [2.05, 4.69) is 0 Å². The van der Waals surface area contributed by atoms with Gasteiger partial charge < -0.3 is 0 Å². The third-order valence-electron chi connectivity index (χ3n) is 3.74. The van der Waals surface area contributed by atoms with E-state index in [9.17, 15) is 9.59 Å². The van der Waals surface area contributed by atoms with Crippen LogP contribution in [0, 0.1) is 12.3 Å². The van der Waals surface area contributed by atoms with Gasteiger partial charge in [0.05, 0.1) is 0 Å². The maximum atomic E-state index is 12.4. The fourth-order valence-electron chi connectivity index (χ4n) is 2.63. The van der Waals surface area contributed by atoms with Gasteiger partial charge in [0, 0.05) is 24.3 Å². The van der Waals surface area contributed by atoms with Crippen LogP contribution < -0.4 is 0 Å². The van der Waals surface area contributed by atoms with E-state index in [1.807, 2.05) is 36.8 Å². The van der Waals surface area contributed by atoms with E-state index >= 15 is 0 Å². The highest BCUT2D eigenvalue weighted by molar-refractivity contribution is 6.07. The first-order chi connectivity index (χ1) is 8.75. The van der Waals surface area contributed by atoms with Crippen LogP contribution in [0.1, 0.15) is 35.2 Å². The fourth-order valence-corrected chi connectivity index (χ4v) is 2.63. The van der Waals surface area contributed by atoms with Gasteiger partial charge in [0.1, 0.15) is 0 Å². The number of carbonyl (C=O) groups excluding carboxylic acids is 2. The Balaban J connectivity index is 1.82. The van der Waals surface area contributed by atoms with E-state index < -0.39 is 0 Å². The molecule has 0 saturated carbocycles. The van der Waals surface area contributed by atoms with Gasteiger partial charge >= 0.3 is 0 Å². The van der Waals surface area contributed by atoms with E-state index in [0.717, 1.165) is 36.0 Å². The van der Waals surface area contributed by atoms with Crippen LogP contribution in [0.2, 0.25) is 0 Å². The molecule has 1 aromatic carbocycles. The molecule has 2 aliphatic carbocycles. The van der Waals surface area contributed by atoms with Gasteiger partial charge in [-0.1, -0.05) is 30.3 Å². The quantitative estimate of drug-likeness (QED) is 0.760. The zero-order chi connectivity index (χ0) is 12.5. The number of carbonyl (C=O) groups is 2. The first kappa shape index (κ1) is 11.4. The Labute approximate surface area is 107 Å². The molecule has 0 amide bonds. The molecule has 3 rings (SSSR count). The second-order valence-corrected chi connectivity index (χ2v) is 5.03. The van der Waals surface area contributed by atoms with Crippen LogP contribution in [0.3, 0.4) is 0 Å². The van der Waals surface area contributed by atoms with Crippen LogP contribution >= 0.6 is 0 Å². The van der Waals surface area contributed by atoms with E-state index in [4.69, 9.17) is 0 Å². The molecule has 2 aliphatic rings. The van der Waals surface area contributed by atoms with Gasteiger partial charge in [-0.15, -0.1) is 0 Å². The number of allylic oxidation sites excluding steroid dienone is 2. The minimum atomic E-state index is -0.129. The molecule has 1 radical (unpaired) electrons. The van der Waals surface area contributed by atoms with Crippen LogP contribution in [-0.4, -0.2) is 11.6 Å². The minimum Gasteiger partial charge on any atom is -0.295 e. The standard InChI is InChI=1S/C16H15O2/c17-15(12-8-9-12)10-13-6-3-5-11-4-1-2-7-14(11)16(13)18/h1-2,4,7-9,13H,3,5-6,10H2. The molecule has 2 heteroatoms. The number of Topliss-reactive ketones (excluding diaryl/α,β-unsaturated/α-hetero) is 2. The van der Waals surface area contributed by atoms with Crippen molar-refractivity contribution >= 4 is 11.6 Å². The molecule has 91 valence electrons. The lowest BCUT2D eigenvalue weighted by molar-refractivity contribution is -0.115. The van der Waals surface area contributed by atoms with Crippen molar-refractivity contribution in [3.63, 3.8) is 0 Å². The Morgan fingerprint density at radius 2 is 2.06 bits per heavy atom. The first-order valence-electron chi connectivity index (χ1n) is 6.46. The van der Waals surface area contributed by atoms with Gasteiger partial charge in [0.25, 0.3) is 0 Å². The third kappa shape index (κ3) is 2.15. The maximum Gasteiger partial charge on any atom is 0.166 e. The van der Waals surface area contributed by atoms with Crippen molar-refractivity contribution in [1.29, 1.82) is 0 Å². The first-order valence-corrected chi connectivity index (χ1v) is 6.46. The number of ketones is 2. The van der Waals surface area contributed by atoms with E-state index in [-0.39, 0.29) is 17.5 Å². The molecule has 2 nitrogen and oxygen atoms in total. The highest BCUT2D eigenvalue weighted by Gasteiger charge is 2.29. The second-order valence-electron chi connectivity index (χ2n) is 5.03. The fraction of sp³-hybridized carbons (Fsp3) is 0.312. The second kappa shape index (κ2) is 4.52. The predicted octanol–water partition coefficient (Wildman–Crippen LogP) is 2.93. The SMILES string of the molecule is O=C(CC1CCCc2ccccc2C1=O)C1=C[CH]1. The maximum absolute atomic E-state index is 12.4. The average molecular weight is 239 g/mol. The highest BCUT2D eigenvalue weighted by atomic mass is 16.1. The molecule has 0 saturated heterocycles. The Morgan fingerprint density at radius 1 is 1.28 bits per heavy atom. The summed E-state index contributed by atoms with van der Waals surface area (Å²) >= 11 is 0. The zero-order valence-electron chi connectivity index (χ0n) is 10.2. The normalized spacial score (nSPS) is 21.9. The summed E-state index contributed by atoms with van der Waals surface area (Å²) in [6, 6.07) is 7.79. The Bertz CT molecular complexity index is 540. The summed E-state index contributed by atoms with van der Waals surface area (Å²) in [5.74, 6) is 0.140. The number of hydrogen-bond acceptors (Lipinski definition) is 2. The van der Waals surface area contributed by atoms with Gasteiger partial charge in [0.2, 0.25) is 0 Å². The molecule has 1 atom stereocenters. The smallest absolute Gasteiger partial charge is 0.166 e. The summed E-state index contributed by atoms with van der Waals surface area (Å²) in [5, 5.41) is 0. The molecule has 0 aromatic heterocycles. The summed E-state index contributed by atoms with van der Waals surface area (Å²) in [4.78, 5) is 24.2. The molecule has 0 fully saturated rings. The van der Waals surface area contributed by atoms with Crippen molar-refractivity contribution < 1.29 is 9.59 Å². The summed E-state index contributed by atoms with van der Waals surface area (Å²) < 4.78 is 0. The van der Waals surface area contributed by atoms with Crippen LogP contribution in [0.5, 0.6) is 0 Å². The molecule has 1 aromatic rings. The number of aryl methyl sites for hydroxylation is 1. The number of hydrogen-bond donors (Lipinski definition) is 0. The molecule has 0 N–H and O–H groups in total. The van der Waals surface area contributed by atoms with Crippen molar-refractivity contribution in [2.45, 2.75) is 25.7 Å². The van der Waals surface area contributed by atoms with Crippen molar-refractivity contribution in [2.24, 2.45) is 5.92 Å². The van der Waals surface area contributed by atoms with E-state index in [0.29, 0.717) is 6.42 Å². The van der Waals surface area contributed by atoms with Gasteiger partial charge in [-0.3, -0.25) is 9.59 Å². The number of rotatable bonds is 3. The Hall–Kier alpha value is -1.70. The number of fused-ring (bicyclic) bond motifs is 1. The Kier molecular flexibility index (Phi) is 2.86. The van der Waals surface area contributed by atoms with Crippen molar-refractivity contribution in [3.05, 3.63) is 53.5 Å². The number of benzene rings is 1. The largest absolute Gasteiger partial charge is 0.295 e. The van der Waals surface area contributed by atoms with Crippen molar-refractivity contribution in [1.82, 2.24) is 0 Å². The van der Waals surface area contributed by atoms with Gasteiger partial charge in [0.15, 0.2) is 11.6 Å². The predicted molar refractivity (Wildman–Crippen MR) is 69.2 cm³/mol. The van der Waals surface area contributed by atoms with Crippen LogP contribution in [0.15, 0.2) is 35.9 Å². The zero-order valence-corrected chi connectivity index (χ0v) is 10.2. The van der Waals surface area contributed by atoms with Gasteiger partial charge in [-0.25, -0.2) is 0 Å². The van der Waals surface area contributed by atoms with E-state index in [1.165, 1.54) is 0 Å². The minimum absolute atomic E-state index is 0.118. The molecular weight excluding hydrogens is 224 g/mol. The van der Waals surface area contributed by atoms with Crippen molar-refractivity contribution in [2.75, 3.05) is 0 Å². The molecule has 18 heavy (non-hydrogen) atoms. The lowest BCUT2D eigenvalue weighted by Crippen LogP contribution is -2.17. The van der Waals surface area contributed by atoms with Crippen LogP contribution in [0.4, 0.5) is 0 Å². The van der Waals surface area contributed by atoms with Crippen molar-refractivity contribution in [3.8, 4) is 0 Å². The molecule has 0 aliphatic heterocycles. The van der Waals surface area contributed by atoms with Crippen LogP contribution in [-0.2, 0) is 11.2 Å². The molecular formula is C16H15O2.